The second kappa shape index (κ2) is 9.09. The lowest BCUT2D eigenvalue weighted by Crippen LogP contribution is -2.52. The van der Waals surface area contributed by atoms with E-state index in [1.807, 2.05) is 30.3 Å². The Labute approximate surface area is 185 Å². The average Bonchev–Trinajstić information content (AvgIpc) is 3.29. The summed E-state index contributed by atoms with van der Waals surface area (Å²) in [4.78, 5) is 41.4. The summed E-state index contributed by atoms with van der Waals surface area (Å²) in [5.74, 6) is 0.467. The van der Waals surface area contributed by atoms with Gasteiger partial charge in [-0.2, -0.15) is 0 Å². The summed E-state index contributed by atoms with van der Waals surface area (Å²) in [5, 5.41) is 0.487. The molecule has 9 nitrogen and oxygen atoms in total. The Bertz CT molecular complexity index is 1160. The minimum atomic E-state index is -0.594. The van der Waals surface area contributed by atoms with E-state index in [0.717, 1.165) is 11.4 Å². The molecule has 1 N–H and O–H groups in total. The number of aromatic amines is 1. The number of ketones is 1. The Morgan fingerprint density at radius 1 is 1.03 bits per heavy atom. The molecule has 1 aliphatic rings. The van der Waals surface area contributed by atoms with Crippen molar-refractivity contribution in [1.82, 2.24) is 19.8 Å². The fraction of sp³-hybridized carbons (Fsp3) is 0.304. The number of amides is 1. The van der Waals surface area contributed by atoms with Crippen LogP contribution in [-0.2, 0) is 4.79 Å². The molecule has 1 fully saturated rings. The summed E-state index contributed by atoms with van der Waals surface area (Å²) in [6.07, 6.45) is 2.98. The molecule has 0 aliphatic carbocycles. The molecule has 1 saturated heterocycles. The second-order valence-corrected chi connectivity index (χ2v) is 7.31. The largest absolute Gasteiger partial charge is 0.494 e. The maximum Gasteiger partial charge on any atom is 0.295 e. The van der Waals surface area contributed by atoms with Gasteiger partial charge >= 0.3 is 0 Å². The fourth-order valence-electron chi connectivity index (χ4n) is 4.00. The summed E-state index contributed by atoms with van der Waals surface area (Å²) in [6.45, 7) is 2.05. The molecule has 1 aliphatic heterocycles. The molecule has 3 heterocycles. The van der Waals surface area contributed by atoms with E-state index >= 15 is 0 Å². The quantitative estimate of drug-likeness (QED) is 0.285. The molecule has 0 saturated carbocycles. The van der Waals surface area contributed by atoms with Crippen LogP contribution in [0.4, 0.5) is 0 Å². The van der Waals surface area contributed by atoms with Gasteiger partial charge in [-0.05, 0) is 0 Å². The maximum atomic E-state index is 13.1. The number of nitrogens with zero attached hydrogens (tertiary/aromatic N) is 4. The van der Waals surface area contributed by atoms with Crippen molar-refractivity contribution in [3.05, 3.63) is 53.9 Å². The van der Waals surface area contributed by atoms with Gasteiger partial charge in [0.05, 0.1) is 31.4 Å². The zero-order chi connectivity index (χ0) is 22.7. The monoisotopic (exact) mass is 435 g/mol. The van der Waals surface area contributed by atoms with E-state index in [-0.39, 0.29) is 5.56 Å². The fourth-order valence-corrected chi connectivity index (χ4v) is 4.00. The predicted molar refractivity (Wildman–Crippen MR) is 121 cm³/mol. The van der Waals surface area contributed by atoms with Gasteiger partial charge in [-0.3, -0.25) is 14.6 Å². The molecule has 4 rings (SSSR count). The zero-order valence-electron chi connectivity index (χ0n) is 18.3. The number of ether oxygens (including phenoxy) is 2. The summed E-state index contributed by atoms with van der Waals surface area (Å²) < 4.78 is 10.6. The molecular weight excluding hydrogens is 410 g/mol. The van der Waals surface area contributed by atoms with Crippen LogP contribution < -0.4 is 9.47 Å². The predicted octanol–water partition coefficient (Wildman–Crippen LogP) is 1.98. The van der Waals surface area contributed by atoms with Crippen molar-refractivity contribution in [3.63, 3.8) is 0 Å². The third kappa shape index (κ3) is 3.77. The highest BCUT2D eigenvalue weighted by Gasteiger charge is 2.30. The number of benzene rings is 1. The normalized spacial score (nSPS) is 14.5. The summed E-state index contributed by atoms with van der Waals surface area (Å²) in [5.41, 5.74) is 1.78. The van der Waals surface area contributed by atoms with Crippen LogP contribution in [0.25, 0.3) is 10.9 Å². The molecule has 9 heteroatoms. The molecule has 3 aromatic rings. The Hall–Kier alpha value is -3.88. The van der Waals surface area contributed by atoms with Crippen molar-refractivity contribution in [2.75, 3.05) is 47.4 Å². The van der Waals surface area contributed by atoms with Crippen molar-refractivity contribution >= 4 is 28.4 Å². The number of piperazine rings is 1. The Kier molecular flexibility index (Phi) is 6.07. The number of nitrogens with one attached hydrogen (secondary N) is 1. The van der Waals surface area contributed by atoms with Gasteiger partial charge in [0.25, 0.3) is 11.7 Å². The number of aliphatic imine (C=N–C) groups is 1. The highest BCUT2D eigenvalue weighted by atomic mass is 16.5. The number of H-pyrrole nitrogens is 1. The molecular formula is C23H25N5O4. The van der Waals surface area contributed by atoms with Crippen LogP contribution in [-0.4, -0.2) is 84.7 Å². The number of carbonyl (C=O) groups is 2. The van der Waals surface area contributed by atoms with E-state index in [0.29, 0.717) is 48.7 Å². The number of hydrogen-bond donors (Lipinski definition) is 1. The van der Waals surface area contributed by atoms with Crippen LogP contribution in [0.2, 0.25) is 0 Å². The van der Waals surface area contributed by atoms with E-state index in [9.17, 15) is 9.59 Å². The maximum absolute atomic E-state index is 13.1. The van der Waals surface area contributed by atoms with Crippen molar-refractivity contribution in [1.29, 1.82) is 0 Å². The van der Waals surface area contributed by atoms with Gasteiger partial charge in [-0.15, -0.1) is 0 Å². The standard InChI is InChI=1S/C23H25N5O4/c1-24-21(15-7-5-4-6-8-15)27-9-11-28(12-10-27)23(30)20(29)16-13-25-19-18(16)17(31-2)14-26-22(19)32-3/h4-8,13-14,25H,9-12H2,1-3H3/b24-21+. The molecule has 32 heavy (non-hydrogen) atoms. The highest BCUT2D eigenvalue weighted by molar-refractivity contribution is 6.45. The van der Waals surface area contributed by atoms with Crippen LogP contribution in [0, 0.1) is 0 Å². The number of pyridine rings is 1. The number of methoxy groups -OCH3 is 2. The van der Waals surface area contributed by atoms with Crippen LogP contribution in [0.1, 0.15) is 15.9 Å². The van der Waals surface area contributed by atoms with Gasteiger partial charge in [-0.25, -0.2) is 4.98 Å². The van der Waals surface area contributed by atoms with Gasteiger partial charge in [-0.1, -0.05) is 30.3 Å². The zero-order valence-corrected chi connectivity index (χ0v) is 18.3. The molecule has 2 aromatic heterocycles. The van der Waals surface area contributed by atoms with Gasteiger partial charge < -0.3 is 24.3 Å². The minimum absolute atomic E-state index is 0.241. The first-order valence-electron chi connectivity index (χ1n) is 10.3. The van der Waals surface area contributed by atoms with Crippen molar-refractivity contribution in [2.24, 2.45) is 4.99 Å². The van der Waals surface area contributed by atoms with Crippen LogP contribution >= 0.6 is 0 Å². The molecule has 0 spiro atoms. The SMILES string of the molecule is C/N=C(\c1ccccc1)N1CCN(C(=O)C(=O)c2c[nH]c3c(OC)ncc(OC)c23)CC1. The van der Waals surface area contributed by atoms with Gasteiger partial charge in [0.2, 0.25) is 5.88 Å². The molecule has 1 amide bonds. The number of rotatable bonds is 5. The van der Waals surface area contributed by atoms with Gasteiger partial charge in [0.15, 0.2) is 0 Å². The van der Waals surface area contributed by atoms with Crippen molar-refractivity contribution < 1.29 is 19.1 Å². The second-order valence-electron chi connectivity index (χ2n) is 7.31. The Morgan fingerprint density at radius 2 is 1.72 bits per heavy atom. The molecule has 0 atom stereocenters. The number of hydrogen-bond acceptors (Lipinski definition) is 6. The van der Waals surface area contributed by atoms with Crippen molar-refractivity contribution in [3.8, 4) is 11.6 Å². The van der Waals surface area contributed by atoms with Crippen LogP contribution in [0.5, 0.6) is 11.6 Å². The lowest BCUT2D eigenvalue weighted by Gasteiger charge is -2.36. The van der Waals surface area contributed by atoms with E-state index < -0.39 is 11.7 Å². The average molecular weight is 435 g/mol. The van der Waals surface area contributed by atoms with E-state index in [4.69, 9.17) is 9.47 Å². The first-order valence-corrected chi connectivity index (χ1v) is 10.3. The number of fused-ring (bicyclic) bond motifs is 1. The highest BCUT2D eigenvalue weighted by Crippen LogP contribution is 2.33. The number of Topliss-reactive ketones (excluding diaryl/α,β-unsaturated/α-hetero) is 1. The molecule has 0 radical (unpaired) electrons. The minimum Gasteiger partial charge on any atom is -0.494 e. The summed E-state index contributed by atoms with van der Waals surface area (Å²) >= 11 is 0. The number of amidine groups is 1. The Balaban J connectivity index is 1.51. The Morgan fingerprint density at radius 3 is 2.34 bits per heavy atom. The number of aromatic nitrogens is 2. The summed E-state index contributed by atoms with van der Waals surface area (Å²) in [7, 11) is 4.74. The third-order valence-corrected chi connectivity index (χ3v) is 5.60. The number of carbonyl (C=O) groups excluding carboxylic acids is 2. The van der Waals surface area contributed by atoms with E-state index in [2.05, 4.69) is 19.9 Å². The smallest absolute Gasteiger partial charge is 0.295 e. The first-order chi connectivity index (χ1) is 15.6. The van der Waals surface area contributed by atoms with Gasteiger partial charge in [0, 0.05) is 45.0 Å². The van der Waals surface area contributed by atoms with Crippen molar-refractivity contribution in [2.45, 2.75) is 0 Å². The molecule has 0 bridgehead atoms. The molecule has 1 aromatic carbocycles. The molecule has 166 valence electrons. The topological polar surface area (TPSA) is 100 Å². The first kappa shape index (κ1) is 21.4. The molecule has 0 unspecified atom stereocenters. The lowest BCUT2D eigenvalue weighted by molar-refractivity contribution is -0.127. The van der Waals surface area contributed by atoms with Crippen LogP contribution in [0.3, 0.4) is 0 Å². The van der Waals surface area contributed by atoms with E-state index in [1.165, 1.54) is 26.6 Å². The van der Waals surface area contributed by atoms with Gasteiger partial charge in [0.1, 0.15) is 17.1 Å². The van der Waals surface area contributed by atoms with Crippen LogP contribution in [0.15, 0.2) is 47.7 Å². The van der Waals surface area contributed by atoms with E-state index in [1.54, 1.807) is 11.9 Å². The summed E-state index contributed by atoms with van der Waals surface area (Å²) in [6, 6.07) is 9.93. The third-order valence-electron chi connectivity index (χ3n) is 5.60. The lowest BCUT2D eigenvalue weighted by atomic mass is 10.1.